The Balaban J connectivity index is 1.13. The van der Waals surface area contributed by atoms with Crippen LogP contribution in [0.3, 0.4) is 0 Å². The summed E-state index contributed by atoms with van der Waals surface area (Å²) in [5.74, 6) is 3.69. The lowest BCUT2D eigenvalue weighted by Crippen LogP contribution is -2.50. The van der Waals surface area contributed by atoms with E-state index in [0.717, 1.165) is 76.0 Å². The lowest BCUT2D eigenvalue weighted by Gasteiger charge is -2.57. The first kappa shape index (κ1) is 18.9. The van der Waals surface area contributed by atoms with Gasteiger partial charge in [0.15, 0.2) is 0 Å². The fourth-order valence-electron chi connectivity index (χ4n) is 7.67. The number of hydrogen-bond acceptors (Lipinski definition) is 3. The van der Waals surface area contributed by atoms with Crippen molar-refractivity contribution < 1.29 is 9.59 Å². The molecule has 2 amide bonds. The van der Waals surface area contributed by atoms with E-state index in [9.17, 15) is 9.59 Å². The molecule has 5 nitrogen and oxygen atoms in total. The van der Waals surface area contributed by atoms with Crippen LogP contribution in [0.5, 0.6) is 0 Å². The van der Waals surface area contributed by atoms with Crippen molar-refractivity contribution in [2.45, 2.75) is 76.7 Å². The van der Waals surface area contributed by atoms with Gasteiger partial charge < -0.3 is 15.5 Å². The van der Waals surface area contributed by atoms with Gasteiger partial charge in [-0.25, -0.2) is 0 Å². The van der Waals surface area contributed by atoms with Gasteiger partial charge in [0.2, 0.25) is 11.8 Å². The second-order valence-electron chi connectivity index (χ2n) is 10.8. The molecule has 2 unspecified atom stereocenters. The number of carbonyl (C=O) groups excluding carboxylic acids is 2. The van der Waals surface area contributed by atoms with Crippen LogP contribution < -0.4 is 10.6 Å². The molecular weight excluding hydrogens is 350 g/mol. The average Bonchev–Trinajstić information content (AvgIpc) is 3.20. The number of nitrogens with zero attached hydrogens (tertiary/aromatic N) is 1. The largest absolute Gasteiger partial charge is 0.354 e. The van der Waals surface area contributed by atoms with Crippen LogP contribution in [-0.4, -0.2) is 48.9 Å². The summed E-state index contributed by atoms with van der Waals surface area (Å²) in [6.07, 6.45) is 13.3. The maximum atomic E-state index is 13.2. The van der Waals surface area contributed by atoms with Crippen LogP contribution in [0.4, 0.5) is 0 Å². The highest BCUT2D eigenvalue weighted by atomic mass is 16.2. The van der Waals surface area contributed by atoms with E-state index in [0.29, 0.717) is 17.2 Å². The number of likely N-dealkylation sites (tertiary alicyclic amines) is 1. The van der Waals surface area contributed by atoms with Gasteiger partial charge in [-0.05, 0) is 99.8 Å². The topological polar surface area (TPSA) is 61.4 Å². The van der Waals surface area contributed by atoms with E-state index in [2.05, 4.69) is 15.5 Å². The molecule has 156 valence electrons. The Morgan fingerprint density at radius 1 is 1.00 bits per heavy atom. The fourth-order valence-corrected chi connectivity index (χ4v) is 7.67. The molecule has 0 aromatic carbocycles. The van der Waals surface area contributed by atoms with E-state index >= 15 is 0 Å². The number of piperidine rings is 1. The van der Waals surface area contributed by atoms with E-state index in [1.807, 2.05) is 0 Å². The summed E-state index contributed by atoms with van der Waals surface area (Å²) in [6, 6.07) is -0.00240. The summed E-state index contributed by atoms with van der Waals surface area (Å²) in [7, 11) is 0. The molecule has 5 heteroatoms. The monoisotopic (exact) mass is 387 g/mol. The SMILES string of the molecule is O=C(NCC1CCCN(C(=O)CC23CC4CC(CC(C4)C2)C3)C1)C1CCCN1. The third kappa shape index (κ3) is 3.83. The summed E-state index contributed by atoms with van der Waals surface area (Å²) in [5, 5.41) is 6.41. The standard InChI is InChI=1S/C23H37N3O2/c27-21(13-23-10-17-7-18(11-23)9-19(8-17)12-23)26-6-2-3-16(15-26)14-25-22(28)20-4-1-5-24-20/h16-20,24H,1-15H2,(H,25,28). The van der Waals surface area contributed by atoms with Crippen molar-refractivity contribution in [1.82, 2.24) is 15.5 Å². The van der Waals surface area contributed by atoms with Crippen molar-refractivity contribution in [1.29, 1.82) is 0 Å². The predicted molar refractivity (Wildman–Crippen MR) is 109 cm³/mol. The van der Waals surface area contributed by atoms with Crippen LogP contribution >= 0.6 is 0 Å². The number of amides is 2. The molecule has 6 aliphatic rings. The Morgan fingerprint density at radius 3 is 2.36 bits per heavy atom. The van der Waals surface area contributed by atoms with Crippen LogP contribution in [0.2, 0.25) is 0 Å². The Bertz CT molecular complexity index is 578. The Morgan fingerprint density at radius 2 is 1.71 bits per heavy atom. The molecule has 6 rings (SSSR count). The highest BCUT2D eigenvalue weighted by Crippen LogP contribution is 2.61. The van der Waals surface area contributed by atoms with Gasteiger partial charge in [0.25, 0.3) is 0 Å². The molecule has 2 atom stereocenters. The zero-order chi connectivity index (χ0) is 19.1. The molecule has 0 spiro atoms. The number of hydrogen-bond donors (Lipinski definition) is 2. The quantitative estimate of drug-likeness (QED) is 0.762. The zero-order valence-corrected chi connectivity index (χ0v) is 17.3. The molecular formula is C23H37N3O2. The van der Waals surface area contributed by atoms with E-state index in [1.54, 1.807) is 0 Å². The first-order valence-electron chi connectivity index (χ1n) is 11.9. The molecule has 4 bridgehead atoms. The molecule has 2 aliphatic heterocycles. The van der Waals surface area contributed by atoms with Crippen molar-refractivity contribution in [2.75, 3.05) is 26.2 Å². The Labute approximate surface area is 169 Å². The minimum absolute atomic E-state index is 0.00240. The van der Waals surface area contributed by atoms with E-state index in [-0.39, 0.29) is 11.9 Å². The van der Waals surface area contributed by atoms with Gasteiger partial charge >= 0.3 is 0 Å². The van der Waals surface area contributed by atoms with Crippen LogP contribution in [0.25, 0.3) is 0 Å². The molecule has 2 heterocycles. The number of nitrogens with one attached hydrogen (secondary N) is 2. The number of rotatable bonds is 5. The fraction of sp³-hybridized carbons (Fsp3) is 0.913. The number of carbonyl (C=O) groups is 2. The maximum absolute atomic E-state index is 13.2. The lowest BCUT2D eigenvalue weighted by atomic mass is 9.49. The Kier molecular flexibility index (Phi) is 5.14. The summed E-state index contributed by atoms with van der Waals surface area (Å²) in [5.41, 5.74) is 0.334. The van der Waals surface area contributed by atoms with Crippen molar-refractivity contribution in [3.63, 3.8) is 0 Å². The smallest absolute Gasteiger partial charge is 0.237 e. The highest BCUT2D eigenvalue weighted by molar-refractivity contribution is 5.82. The van der Waals surface area contributed by atoms with Gasteiger partial charge in [-0.1, -0.05) is 0 Å². The minimum Gasteiger partial charge on any atom is -0.354 e. The van der Waals surface area contributed by atoms with Gasteiger partial charge in [-0.15, -0.1) is 0 Å². The highest BCUT2D eigenvalue weighted by Gasteiger charge is 2.51. The first-order chi connectivity index (χ1) is 13.6. The summed E-state index contributed by atoms with van der Waals surface area (Å²) < 4.78 is 0. The second-order valence-corrected chi connectivity index (χ2v) is 10.8. The summed E-state index contributed by atoms with van der Waals surface area (Å²) in [4.78, 5) is 27.6. The van der Waals surface area contributed by atoms with Crippen molar-refractivity contribution in [3.8, 4) is 0 Å². The molecule has 0 aromatic rings. The van der Waals surface area contributed by atoms with Crippen molar-refractivity contribution >= 4 is 11.8 Å². The van der Waals surface area contributed by atoms with Gasteiger partial charge in [0.1, 0.15) is 0 Å². The van der Waals surface area contributed by atoms with Crippen molar-refractivity contribution in [2.24, 2.45) is 29.1 Å². The molecule has 4 saturated carbocycles. The first-order valence-corrected chi connectivity index (χ1v) is 11.9. The normalized spacial score (nSPS) is 42.0. The maximum Gasteiger partial charge on any atom is 0.237 e. The molecule has 0 radical (unpaired) electrons. The summed E-state index contributed by atoms with van der Waals surface area (Å²) >= 11 is 0. The summed E-state index contributed by atoms with van der Waals surface area (Å²) in [6.45, 7) is 3.43. The zero-order valence-electron chi connectivity index (χ0n) is 17.3. The van der Waals surface area contributed by atoms with Crippen LogP contribution in [0.15, 0.2) is 0 Å². The van der Waals surface area contributed by atoms with E-state index < -0.39 is 0 Å². The third-order valence-electron chi connectivity index (χ3n) is 8.50. The average molecular weight is 388 g/mol. The van der Waals surface area contributed by atoms with Gasteiger partial charge in [-0.2, -0.15) is 0 Å². The van der Waals surface area contributed by atoms with E-state index in [4.69, 9.17) is 0 Å². The molecule has 0 aromatic heterocycles. The van der Waals surface area contributed by atoms with Gasteiger partial charge in [0, 0.05) is 26.1 Å². The second kappa shape index (κ2) is 7.62. The minimum atomic E-state index is -0.00240. The molecule has 2 saturated heterocycles. The lowest BCUT2D eigenvalue weighted by molar-refractivity contribution is -0.141. The van der Waals surface area contributed by atoms with Crippen molar-refractivity contribution in [3.05, 3.63) is 0 Å². The van der Waals surface area contributed by atoms with Gasteiger partial charge in [0.05, 0.1) is 6.04 Å². The van der Waals surface area contributed by atoms with Crippen LogP contribution in [-0.2, 0) is 9.59 Å². The van der Waals surface area contributed by atoms with Crippen LogP contribution in [0, 0.1) is 29.1 Å². The molecule has 28 heavy (non-hydrogen) atoms. The molecule has 6 fully saturated rings. The predicted octanol–water partition coefficient (Wildman–Crippen LogP) is 2.70. The van der Waals surface area contributed by atoms with Crippen LogP contribution in [0.1, 0.15) is 70.6 Å². The Hall–Kier alpha value is -1.10. The molecule has 4 aliphatic carbocycles. The third-order valence-corrected chi connectivity index (χ3v) is 8.50. The molecule has 2 N–H and O–H groups in total. The van der Waals surface area contributed by atoms with E-state index in [1.165, 1.54) is 38.5 Å². The van der Waals surface area contributed by atoms with Gasteiger partial charge in [-0.3, -0.25) is 9.59 Å².